The molecule has 39 heavy (non-hydrogen) atoms. The van der Waals surface area contributed by atoms with Crippen molar-refractivity contribution in [3.05, 3.63) is 106 Å². The Bertz CT molecular complexity index is 1520. The molecule has 1 saturated carbocycles. The smallest absolute Gasteiger partial charge is 1.00 e. The first kappa shape index (κ1) is 27.3. The molecule has 3 heteroatoms. The van der Waals surface area contributed by atoms with Crippen LogP contribution in [0, 0.1) is 0 Å². The number of rotatable bonds is 4. The van der Waals surface area contributed by atoms with Crippen molar-refractivity contribution in [2.45, 2.75) is 69.3 Å². The summed E-state index contributed by atoms with van der Waals surface area (Å²) in [6.45, 7) is 4.86. The van der Waals surface area contributed by atoms with Crippen LogP contribution in [0.5, 0.6) is 0 Å². The fourth-order valence-corrected chi connectivity index (χ4v) is 23.8. The number of allylic oxidation sites excluding steroid dienone is 2. The van der Waals surface area contributed by atoms with Gasteiger partial charge in [-0.1, -0.05) is 0 Å². The predicted molar refractivity (Wildman–Crippen MR) is 156 cm³/mol. The van der Waals surface area contributed by atoms with Gasteiger partial charge in [-0.25, -0.2) is 0 Å². The number of fused-ring (bicyclic) bond motifs is 7. The van der Waals surface area contributed by atoms with E-state index in [2.05, 4.69) is 98.8 Å². The number of benzene rings is 4. The molecule has 4 unspecified atom stereocenters. The van der Waals surface area contributed by atoms with Crippen molar-refractivity contribution in [3.8, 4) is 0 Å². The maximum atomic E-state index is 2.66. The predicted octanol–water partition coefficient (Wildman–Crippen LogP) is 4.72. The number of hydrogen-bond acceptors (Lipinski definition) is 0. The molecule has 2 fully saturated rings. The second-order valence-corrected chi connectivity index (χ2v) is 19.3. The number of hydrogen-bond donors (Lipinski definition) is 0. The zero-order valence-corrected chi connectivity index (χ0v) is 26.0. The second kappa shape index (κ2) is 10.2. The Morgan fingerprint density at radius 2 is 1.03 bits per heavy atom. The Hall–Kier alpha value is -1.83. The molecule has 1 saturated heterocycles. The third kappa shape index (κ3) is 3.68. The van der Waals surface area contributed by atoms with Crippen molar-refractivity contribution in [2.75, 3.05) is 0 Å². The zero-order valence-electron chi connectivity index (χ0n) is 22.9. The summed E-state index contributed by atoms with van der Waals surface area (Å²) in [6, 6.07) is 28.2. The first-order valence-corrected chi connectivity index (χ1v) is 18.3. The van der Waals surface area contributed by atoms with E-state index >= 15 is 0 Å². The van der Waals surface area contributed by atoms with E-state index in [0.29, 0.717) is 0 Å². The molecular weight excluding hydrogens is 551 g/mol. The van der Waals surface area contributed by atoms with Crippen molar-refractivity contribution in [1.82, 2.24) is 0 Å². The van der Waals surface area contributed by atoms with Crippen LogP contribution in [0.15, 0.2) is 83.9 Å². The summed E-state index contributed by atoms with van der Waals surface area (Å²) in [5.74, 6) is 0. The molecule has 0 spiro atoms. The summed E-state index contributed by atoms with van der Waals surface area (Å²) >= 11 is -2.50. The van der Waals surface area contributed by atoms with Crippen LogP contribution >= 0.6 is 0 Å². The standard InChI is InChI=1S/2C15H13.C6H10.2ClH.Ti/c2*1-2-11-9-13-8-7-12-5-3-4-6-14(12)15(13)10-11;1-2-4-6-5-3-1;;;/h2*3-10H,2H2,1H3;1-2H,3-6H2;2*1H;/q;;;;;+2/p-2. The molecular formula is C36H36Cl2Ti. The van der Waals surface area contributed by atoms with Crippen molar-refractivity contribution in [1.29, 1.82) is 0 Å². The van der Waals surface area contributed by atoms with Crippen LogP contribution in [0.4, 0.5) is 0 Å². The van der Waals surface area contributed by atoms with E-state index in [9.17, 15) is 0 Å². The Labute approximate surface area is 249 Å². The molecule has 1 heterocycles. The molecule has 8 rings (SSSR count). The molecule has 0 aromatic heterocycles. The molecule has 4 atom stereocenters. The van der Waals surface area contributed by atoms with Crippen molar-refractivity contribution in [2.24, 2.45) is 0 Å². The van der Waals surface area contributed by atoms with Gasteiger partial charge >= 0.3 is 226 Å². The van der Waals surface area contributed by atoms with Gasteiger partial charge in [0.1, 0.15) is 0 Å². The summed E-state index contributed by atoms with van der Waals surface area (Å²) in [5.41, 5.74) is 10.1. The van der Waals surface area contributed by atoms with E-state index in [-0.39, 0.29) is 24.8 Å². The van der Waals surface area contributed by atoms with Gasteiger partial charge in [0.05, 0.1) is 0 Å². The van der Waals surface area contributed by atoms with Crippen molar-refractivity contribution >= 4 is 33.7 Å². The first-order valence-electron chi connectivity index (χ1n) is 14.7. The molecule has 4 aromatic rings. The molecule has 0 radical (unpaired) electrons. The van der Waals surface area contributed by atoms with E-state index in [1.54, 1.807) is 33.4 Å². The molecule has 4 aromatic carbocycles. The SMILES string of the molecule is CCC1=Cc2c(ccc3ccccc23)[CH]1[Ti+2]1([CH]2C(CC)=Cc3c2ccc2ccccc32)[CH]2CCCC[CH]21.[Cl-].[Cl-]. The largest absolute Gasteiger partial charge is 1.00 e. The van der Waals surface area contributed by atoms with Gasteiger partial charge in [-0.15, -0.1) is 0 Å². The van der Waals surface area contributed by atoms with Gasteiger partial charge < -0.3 is 24.8 Å². The van der Waals surface area contributed by atoms with E-state index in [1.807, 2.05) is 0 Å². The molecule has 198 valence electrons. The summed E-state index contributed by atoms with van der Waals surface area (Å²) in [6.07, 6.45) is 13.6. The van der Waals surface area contributed by atoms with E-state index in [1.165, 1.54) is 60.1 Å². The van der Waals surface area contributed by atoms with Crippen LogP contribution in [0.3, 0.4) is 0 Å². The maximum Gasteiger partial charge on any atom is -1.00 e. The maximum absolute atomic E-state index is 2.66. The molecule has 4 aliphatic rings. The first-order chi connectivity index (χ1) is 18.3. The van der Waals surface area contributed by atoms with Crippen LogP contribution < -0.4 is 24.8 Å². The Kier molecular flexibility index (Phi) is 7.17. The van der Waals surface area contributed by atoms with Crippen LogP contribution in [-0.2, 0) is 16.6 Å². The summed E-state index contributed by atoms with van der Waals surface area (Å²) in [5, 5.41) is 5.74. The Morgan fingerprint density at radius 1 is 0.590 bits per heavy atom. The molecule has 0 nitrogen and oxygen atoms in total. The monoisotopic (exact) mass is 586 g/mol. The van der Waals surface area contributed by atoms with E-state index < -0.39 is 16.6 Å². The zero-order chi connectivity index (χ0) is 24.7. The minimum atomic E-state index is -2.50. The van der Waals surface area contributed by atoms with Crippen LogP contribution in [-0.4, -0.2) is 0 Å². The molecule has 0 amide bonds. The van der Waals surface area contributed by atoms with Gasteiger partial charge in [-0.2, -0.15) is 0 Å². The second-order valence-electron chi connectivity index (χ2n) is 12.1. The summed E-state index contributed by atoms with van der Waals surface area (Å²) in [7, 11) is 0. The van der Waals surface area contributed by atoms with E-state index in [0.717, 1.165) is 16.9 Å². The van der Waals surface area contributed by atoms with Crippen molar-refractivity contribution < 1.29 is 41.4 Å². The summed E-state index contributed by atoms with van der Waals surface area (Å²) in [4.78, 5) is 0. The quantitative estimate of drug-likeness (QED) is 0.304. The average Bonchev–Trinajstić information content (AvgIpc) is 3.25. The molecule has 1 aliphatic heterocycles. The Balaban J connectivity index is 0.00000138. The van der Waals surface area contributed by atoms with Gasteiger partial charge in [0, 0.05) is 0 Å². The third-order valence-electron chi connectivity index (χ3n) is 10.8. The van der Waals surface area contributed by atoms with Crippen molar-refractivity contribution in [3.63, 3.8) is 0 Å². The Morgan fingerprint density at radius 3 is 1.46 bits per heavy atom. The topological polar surface area (TPSA) is 0 Å². The van der Waals surface area contributed by atoms with Gasteiger partial charge in [0.25, 0.3) is 0 Å². The van der Waals surface area contributed by atoms with Crippen LogP contribution in [0.2, 0.25) is 8.45 Å². The van der Waals surface area contributed by atoms with Gasteiger partial charge in [0.2, 0.25) is 0 Å². The minimum Gasteiger partial charge on any atom is -1.00 e. The van der Waals surface area contributed by atoms with Gasteiger partial charge in [-0.3, -0.25) is 0 Å². The average molecular weight is 587 g/mol. The molecule has 0 bridgehead atoms. The normalized spacial score (nSPS) is 26.4. The van der Waals surface area contributed by atoms with Gasteiger partial charge in [0.15, 0.2) is 0 Å². The number of halogens is 2. The minimum absolute atomic E-state index is 0. The molecule has 3 aliphatic carbocycles. The van der Waals surface area contributed by atoms with Crippen LogP contribution in [0.1, 0.15) is 83.1 Å². The van der Waals surface area contributed by atoms with Gasteiger partial charge in [-0.05, 0) is 0 Å². The molecule has 0 N–H and O–H groups in total. The third-order valence-corrected chi connectivity index (χ3v) is 21.6. The fraction of sp³-hybridized carbons (Fsp3) is 0.333. The summed E-state index contributed by atoms with van der Waals surface area (Å²) < 4.78 is 3.53. The van der Waals surface area contributed by atoms with E-state index in [4.69, 9.17) is 0 Å². The van der Waals surface area contributed by atoms with Crippen LogP contribution in [0.25, 0.3) is 33.7 Å². The fourth-order valence-electron chi connectivity index (χ4n) is 9.42.